The lowest BCUT2D eigenvalue weighted by Gasteiger charge is -2.24. The summed E-state index contributed by atoms with van der Waals surface area (Å²) in [5.74, 6) is 0.179. The second-order valence-electron chi connectivity index (χ2n) is 10.1. The van der Waals surface area contributed by atoms with E-state index in [9.17, 15) is 18.3 Å². The number of hydrogen-bond donors (Lipinski definition) is 4. The summed E-state index contributed by atoms with van der Waals surface area (Å²) in [6.07, 6.45) is 6.91. The molecule has 0 saturated heterocycles. The maximum absolute atomic E-state index is 13.0. The number of benzene rings is 2. The van der Waals surface area contributed by atoms with Crippen molar-refractivity contribution < 1.29 is 27.5 Å². The van der Waals surface area contributed by atoms with Gasteiger partial charge in [0, 0.05) is 13.1 Å². The molecule has 1 heterocycles. The first kappa shape index (κ1) is 32.1. The topological polar surface area (TPSA) is 143 Å². The van der Waals surface area contributed by atoms with E-state index in [0.717, 1.165) is 48.7 Å². The maximum atomic E-state index is 13.0. The summed E-state index contributed by atoms with van der Waals surface area (Å²) in [6, 6.07) is 14.9. The Morgan fingerprint density at radius 1 is 1.05 bits per heavy atom. The van der Waals surface area contributed by atoms with Gasteiger partial charge in [0.15, 0.2) is 5.69 Å². The highest BCUT2D eigenvalue weighted by atomic mass is 32.2. The lowest BCUT2D eigenvalue weighted by molar-refractivity contribution is 0.0825. The molecule has 3 aromatic rings. The summed E-state index contributed by atoms with van der Waals surface area (Å²) in [5.41, 5.74) is 3.14. The Balaban J connectivity index is 1.65. The first-order valence-electron chi connectivity index (χ1n) is 14.1. The number of aliphatic hydroxyl groups excluding tert-OH is 1. The van der Waals surface area contributed by atoms with Crippen molar-refractivity contribution in [1.82, 2.24) is 15.6 Å². The molecule has 0 spiro atoms. The molecule has 2 aromatic carbocycles. The van der Waals surface area contributed by atoms with Crippen molar-refractivity contribution in [2.24, 2.45) is 0 Å². The molecule has 10 nitrogen and oxygen atoms in total. The van der Waals surface area contributed by atoms with Crippen molar-refractivity contribution in [2.75, 3.05) is 24.1 Å². The van der Waals surface area contributed by atoms with Crippen LogP contribution in [0.1, 0.15) is 66.7 Å². The molecule has 224 valence electrons. The second kappa shape index (κ2) is 16.1. The van der Waals surface area contributed by atoms with Crippen molar-refractivity contribution in [1.29, 1.82) is 0 Å². The van der Waals surface area contributed by atoms with E-state index in [1.54, 1.807) is 0 Å². The maximum Gasteiger partial charge on any atom is 0.309 e. The number of aromatic nitrogens is 1. The zero-order chi connectivity index (χ0) is 29.7. The van der Waals surface area contributed by atoms with E-state index in [2.05, 4.69) is 46.3 Å². The number of unbranched alkanes of at least 4 members (excludes halogenated alkanes) is 3. The van der Waals surface area contributed by atoms with Crippen LogP contribution in [-0.2, 0) is 29.4 Å². The van der Waals surface area contributed by atoms with Gasteiger partial charge >= 0.3 is 6.01 Å². The van der Waals surface area contributed by atoms with E-state index >= 15 is 0 Å². The van der Waals surface area contributed by atoms with Gasteiger partial charge in [-0.2, -0.15) is 4.98 Å². The predicted molar refractivity (Wildman–Crippen MR) is 160 cm³/mol. The first-order valence-corrected chi connectivity index (χ1v) is 16.0. The molecule has 0 aliphatic heterocycles. The van der Waals surface area contributed by atoms with E-state index in [0.29, 0.717) is 19.6 Å². The number of aliphatic hydroxyl groups is 1. The summed E-state index contributed by atoms with van der Waals surface area (Å²) in [5, 5.41) is 17.2. The van der Waals surface area contributed by atoms with Crippen LogP contribution in [0.2, 0.25) is 0 Å². The third kappa shape index (κ3) is 11.5. The molecule has 4 N–H and O–H groups in total. The third-order valence-corrected chi connectivity index (χ3v) is 7.06. The van der Waals surface area contributed by atoms with Gasteiger partial charge in [-0.3, -0.25) is 4.79 Å². The van der Waals surface area contributed by atoms with Crippen LogP contribution in [0, 0.1) is 0 Å². The standard InChI is InChI=1S/C30H42N4O6S/c1-4-6-7-8-16-39-25-14-12-23(13-15-25)18-26(28(35)20-31-19-24-11-9-10-22(5-2)17-24)32-29(36)27-21-40-30(33-27)34-41(3,37)38/h9-15,17,21,26,28,31,35H,4-8,16,18-20H2,1-3H3,(H,32,36)(H,33,34). The monoisotopic (exact) mass is 586 g/mol. The summed E-state index contributed by atoms with van der Waals surface area (Å²) in [6.45, 7) is 5.74. The number of nitrogens with one attached hydrogen (secondary N) is 3. The van der Waals surface area contributed by atoms with Crippen molar-refractivity contribution in [3.63, 3.8) is 0 Å². The third-order valence-electron chi connectivity index (χ3n) is 6.52. The number of ether oxygens (including phenoxy) is 1. The number of aryl methyl sites for hydroxylation is 1. The molecular weight excluding hydrogens is 544 g/mol. The summed E-state index contributed by atoms with van der Waals surface area (Å²) in [4.78, 5) is 16.9. The molecule has 2 unspecified atom stereocenters. The molecule has 0 fully saturated rings. The Morgan fingerprint density at radius 2 is 1.80 bits per heavy atom. The van der Waals surface area contributed by atoms with Gasteiger partial charge in [0.05, 0.1) is 25.0 Å². The summed E-state index contributed by atoms with van der Waals surface area (Å²) >= 11 is 0. The fourth-order valence-corrected chi connectivity index (χ4v) is 4.68. The molecule has 2 atom stereocenters. The van der Waals surface area contributed by atoms with Crippen LogP contribution in [0.15, 0.2) is 59.2 Å². The van der Waals surface area contributed by atoms with Crippen molar-refractivity contribution >= 4 is 21.9 Å². The predicted octanol–water partition coefficient (Wildman–Crippen LogP) is 4.06. The lowest BCUT2D eigenvalue weighted by Crippen LogP contribution is -2.48. The van der Waals surface area contributed by atoms with Crippen LogP contribution in [-0.4, -0.2) is 56.0 Å². The molecule has 0 radical (unpaired) electrons. The lowest BCUT2D eigenvalue weighted by atomic mass is 10.0. The number of sulfonamides is 1. The van der Waals surface area contributed by atoms with Crippen LogP contribution in [0.25, 0.3) is 0 Å². The second-order valence-corrected chi connectivity index (χ2v) is 11.9. The van der Waals surface area contributed by atoms with E-state index < -0.39 is 28.1 Å². The quantitative estimate of drug-likeness (QED) is 0.164. The number of anilines is 1. The van der Waals surface area contributed by atoms with Gasteiger partial charge in [0.1, 0.15) is 12.0 Å². The Hall–Kier alpha value is -3.41. The molecule has 1 aromatic heterocycles. The average molecular weight is 587 g/mol. The molecule has 0 saturated carbocycles. The van der Waals surface area contributed by atoms with Gasteiger partial charge in [-0.05, 0) is 48.1 Å². The molecule has 1 amide bonds. The number of carbonyl (C=O) groups excluding carboxylic acids is 1. The SMILES string of the molecule is CCCCCCOc1ccc(CC(NC(=O)c2coc(NS(C)(=O)=O)n2)C(O)CNCc2cccc(CC)c2)cc1. The van der Waals surface area contributed by atoms with E-state index in [4.69, 9.17) is 9.15 Å². The zero-order valence-electron chi connectivity index (χ0n) is 24.1. The van der Waals surface area contributed by atoms with Crippen LogP contribution in [0.5, 0.6) is 5.75 Å². The highest BCUT2D eigenvalue weighted by Crippen LogP contribution is 2.16. The van der Waals surface area contributed by atoms with E-state index in [1.807, 2.05) is 36.4 Å². The van der Waals surface area contributed by atoms with Crippen molar-refractivity contribution in [3.8, 4) is 5.75 Å². The van der Waals surface area contributed by atoms with Gasteiger partial charge in [0.25, 0.3) is 5.91 Å². The average Bonchev–Trinajstić information content (AvgIpc) is 3.40. The molecule has 11 heteroatoms. The Kier molecular flexibility index (Phi) is 12.6. The number of rotatable bonds is 18. The van der Waals surface area contributed by atoms with Crippen LogP contribution >= 0.6 is 0 Å². The smallest absolute Gasteiger partial charge is 0.309 e. The number of amides is 1. The van der Waals surface area contributed by atoms with Gasteiger partial charge in [-0.25, -0.2) is 13.1 Å². The van der Waals surface area contributed by atoms with Crippen molar-refractivity contribution in [2.45, 2.75) is 71.1 Å². The minimum Gasteiger partial charge on any atom is -0.494 e. The number of carbonyl (C=O) groups is 1. The molecular formula is C30H42N4O6S. The number of nitrogens with zero attached hydrogens (tertiary/aromatic N) is 1. The summed E-state index contributed by atoms with van der Waals surface area (Å²) < 4.78 is 35.9. The Labute approximate surface area is 243 Å². The molecule has 41 heavy (non-hydrogen) atoms. The minimum absolute atomic E-state index is 0.107. The van der Waals surface area contributed by atoms with Crippen molar-refractivity contribution in [3.05, 3.63) is 77.2 Å². The van der Waals surface area contributed by atoms with Crippen LogP contribution < -0.4 is 20.1 Å². The van der Waals surface area contributed by atoms with Gasteiger partial charge < -0.3 is 24.9 Å². The first-order chi connectivity index (χ1) is 19.7. The molecule has 0 bridgehead atoms. The van der Waals surface area contributed by atoms with Gasteiger partial charge in [-0.1, -0.05) is 69.5 Å². The zero-order valence-corrected chi connectivity index (χ0v) is 24.9. The Morgan fingerprint density at radius 3 is 2.51 bits per heavy atom. The molecule has 0 aliphatic rings. The fraction of sp³-hybridized carbons (Fsp3) is 0.467. The molecule has 0 aliphatic carbocycles. The number of hydrogen-bond acceptors (Lipinski definition) is 8. The van der Waals surface area contributed by atoms with Crippen LogP contribution in [0.3, 0.4) is 0 Å². The highest BCUT2D eigenvalue weighted by molar-refractivity contribution is 7.91. The largest absolute Gasteiger partial charge is 0.494 e. The molecule has 3 rings (SSSR count). The highest BCUT2D eigenvalue weighted by Gasteiger charge is 2.24. The normalized spacial score (nSPS) is 13.0. The summed E-state index contributed by atoms with van der Waals surface area (Å²) in [7, 11) is -3.61. The van der Waals surface area contributed by atoms with Gasteiger partial charge in [0.2, 0.25) is 10.0 Å². The number of oxazole rings is 1. The fourth-order valence-electron chi connectivity index (χ4n) is 4.27. The Bertz CT molecular complexity index is 1330. The van der Waals surface area contributed by atoms with E-state index in [1.165, 1.54) is 18.4 Å². The van der Waals surface area contributed by atoms with Crippen LogP contribution in [0.4, 0.5) is 6.01 Å². The van der Waals surface area contributed by atoms with Gasteiger partial charge in [-0.15, -0.1) is 0 Å². The van der Waals surface area contributed by atoms with E-state index in [-0.39, 0.29) is 18.3 Å². The minimum atomic E-state index is -3.61.